The summed E-state index contributed by atoms with van der Waals surface area (Å²) < 4.78 is 1.81. The summed E-state index contributed by atoms with van der Waals surface area (Å²) >= 11 is 7.66. The number of hydrogen-bond acceptors (Lipinski definition) is 4. The van der Waals surface area contributed by atoms with E-state index < -0.39 is 5.91 Å². The Kier molecular flexibility index (Phi) is 4.82. The summed E-state index contributed by atoms with van der Waals surface area (Å²) in [4.78, 5) is 17.0. The molecule has 0 unspecified atom stereocenters. The lowest BCUT2D eigenvalue weighted by molar-refractivity contribution is 0.100. The quantitative estimate of drug-likeness (QED) is 0.923. The van der Waals surface area contributed by atoms with Crippen molar-refractivity contribution in [3.05, 3.63) is 33.6 Å². The van der Waals surface area contributed by atoms with E-state index in [1.165, 1.54) is 30.6 Å². The smallest absolute Gasteiger partial charge is 0.250 e. The van der Waals surface area contributed by atoms with Gasteiger partial charge < -0.3 is 5.73 Å². The fourth-order valence-corrected chi connectivity index (χ4v) is 4.02. The highest BCUT2D eigenvalue weighted by atomic mass is 35.5. The lowest BCUT2D eigenvalue weighted by Gasteiger charge is -2.16. The van der Waals surface area contributed by atoms with Crippen LogP contribution in [0.3, 0.4) is 0 Å². The first-order valence-corrected chi connectivity index (χ1v) is 8.92. The van der Waals surface area contributed by atoms with E-state index in [4.69, 9.17) is 22.3 Å². The average molecular weight is 351 g/mol. The minimum Gasteiger partial charge on any atom is -0.366 e. The molecule has 0 saturated heterocycles. The summed E-state index contributed by atoms with van der Waals surface area (Å²) in [5, 5.41) is 5.71. The van der Waals surface area contributed by atoms with Gasteiger partial charge in [0.05, 0.1) is 16.6 Å². The lowest BCUT2D eigenvalue weighted by atomic mass is 9.96. The molecule has 1 fully saturated rings. The van der Waals surface area contributed by atoms with Gasteiger partial charge in [-0.25, -0.2) is 4.68 Å². The summed E-state index contributed by atoms with van der Waals surface area (Å²) in [7, 11) is 1.90. The van der Waals surface area contributed by atoms with Crippen LogP contribution in [0.2, 0.25) is 5.02 Å². The number of halogens is 1. The van der Waals surface area contributed by atoms with Crippen molar-refractivity contribution in [2.75, 3.05) is 0 Å². The summed E-state index contributed by atoms with van der Waals surface area (Å²) in [5.74, 6) is -0.528. The van der Waals surface area contributed by atoms with E-state index in [-0.39, 0.29) is 0 Å². The molecule has 1 aromatic carbocycles. The predicted octanol–water partition coefficient (Wildman–Crippen LogP) is 3.13. The molecule has 3 rings (SSSR count). The number of nitrogens with zero attached hydrogens (tertiary/aromatic N) is 3. The highest BCUT2D eigenvalue weighted by molar-refractivity contribution is 7.12. The van der Waals surface area contributed by atoms with Gasteiger partial charge in [-0.05, 0) is 25.0 Å². The van der Waals surface area contributed by atoms with Crippen molar-refractivity contribution in [1.29, 1.82) is 0 Å². The average Bonchev–Trinajstić information content (AvgIpc) is 2.89. The zero-order chi connectivity index (χ0) is 16.4. The van der Waals surface area contributed by atoms with Crippen LogP contribution in [0.25, 0.3) is 10.6 Å². The molecule has 7 heteroatoms. The maximum Gasteiger partial charge on any atom is 0.250 e. The molecule has 0 bridgehead atoms. The third-order valence-corrected chi connectivity index (χ3v) is 5.43. The van der Waals surface area contributed by atoms with Crippen molar-refractivity contribution in [2.24, 2.45) is 17.8 Å². The third-order valence-electron chi connectivity index (χ3n) is 4.05. The molecule has 5 nitrogen and oxygen atoms in total. The maximum absolute atomic E-state index is 11.3. The molecule has 1 amide bonds. The third kappa shape index (κ3) is 3.64. The van der Waals surface area contributed by atoms with E-state index in [0.29, 0.717) is 16.6 Å². The van der Waals surface area contributed by atoms with Gasteiger partial charge in [0, 0.05) is 12.6 Å². The lowest BCUT2D eigenvalue weighted by Crippen LogP contribution is -2.18. The summed E-state index contributed by atoms with van der Waals surface area (Å²) in [5.41, 5.74) is 6.47. The minimum atomic E-state index is -0.528. The SMILES string of the molecule is Cn1nc(-c2ccc(C(N)=O)c(Cl)c2)sc1=NC1CCCCC1. The Morgan fingerprint density at radius 1 is 1.39 bits per heavy atom. The first-order chi connectivity index (χ1) is 11.0. The monoisotopic (exact) mass is 350 g/mol. The molecule has 122 valence electrons. The van der Waals surface area contributed by atoms with Crippen molar-refractivity contribution in [2.45, 2.75) is 38.1 Å². The van der Waals surface area contributed by atoms with E-state index in [0.717, 1.165) is 28.2 Å². The van der Waals surface area contributed by atoms with Crippen molar-refractivity contribution in [3.63, 3.8) is 0 Å². The second-order valence-electron chi connectivity index (χ2n) is 5.79. The van der Waals surface area contributed by atoms with Crippen molar-refractivity contribution in [1.82, 2.24) is 9.78 Å². The minimum absolute atomic E-state index is 0.323. The summed E-state index contributed by atoms with van der Waals surface area (Å²) in [6, 6.07) is 5.59. The fraction of sp³-hybridized carbons (Fsp3) is 0.438. The summed E-state index contributed by atoms with van der Waals surface area (Å²) in [6.07, 6.45) is 6.15. The molecule has 1 aliphatic carbocycles. The van der Waals surface area contributed by atoms with Gasteiger partial charge in [0.25, 0.3) is 0 Å². The van der Waals surface area contributed by atoms with Crippen LogP contribution in [-0.4, -0.2) is 21.7 Å². The Morgan fingerprint density at radius 2 is 2.13 bits per heavy atom. The van der Waals surface area contributed by atoms with Gasteiger partial charge in [-0.3, -0.25) is 9.79 Å². The molecule has 0 atom stereocenters. The number of hydrogen-bond donors (Lipinski definition) is 1. The topological polar surface area (TPSA) is 73.3 Å². The fourth-order valence-electron chi connectivity index (χ4n) is 2.79. The molecular formula is C16H19ClN4OS. The number of nitrogens with two attached hydrogens (primary N) is 1. The zero-order valence-corrected chi connectivity index (χ0v) is 14.5. The van der Waals surface area contributed by atoms with Crippen LogP contribution in [-0.2, 0) is 7.05 Å². The Bertz CT molecular complexity index is 790. The van der Waals surface area contributed by atoms with Crippen LogP contribution in [0.4, 0.5) is 0 Å². The Balaban J connectivity index is 1.92. The first kappa shape index (κ1) is 16.2. The molecule has 1 saturated carbocycles. The van der Waals surface area contributed by atoms with Gasteiger partial charge >= 0.3 is 0 Å². The highest BCUT2D eigenvalue weighted by Gasteiger charge is 2.14. The zero-order valence-electron chi connectivity index (χ0n) is 13.0. The Morgan fingerprint density at radius 3 is 2.78 bits per heavy atom. The molecule has 1 aromatic heterocycles. The van der Waals surface area contributed by atoms with Gasteiger partial charge in [0.15, 0.2) is 0 Å². The molecule has 0 aliphatic heterocycles. The Hall–Kier alpha value is -1.66. The predicted molar refractivity (Wildman–Crippen MR) is 92.5 cm³/mol. The van der Waals surface area contributed by atoms with Gasteiger partial charge in [-0.1, -0.05) is 48.3 Å². The highest BCUT2D eigenvalue weighted by Crippen LogP contribution is 2.26. The van der Waals surface area contributed by atoms with E-state index in [1.807, 2.05) is 17.8 Å². The van der Waals surface area contributed by atoms with E-state index in [9.17, 15) is 4.79 Å². The van der Waals surface area contributed by atoms with Crippen LogP contribution in [0.5, 0.6) is 0 Å². The molecule has 1 aliphatic rings. The molecular weight excluding hydrogens is 332 g/mol. The van der Waals surface area contributed by atoms with E-state index in [2.05, 4.69) is 5.10 Å². The largest absolute Gasteiger partial charge is 0.366 e. The molecule has 23 heavy (non-hydrogen) atoms. The van der Waals surface area contributed by atoms with Gasteiger partial charge in [0.1, 0.15) is 5.01 Å². The molecule has 1 heterocycles. The van der Waals surface area contributed by atoms with Crippen LogP contribution in [0, 0.1) is 0 Å². The van der Waals surface area contributed by atoms with Crippen molar-refractivity contribution >= 4 is 28.8 Å². The number of rotatable bonds is 3. The molecule has 0 spiro atoms. The van der Waals surface area contributed by atoms with Gasteiger partial charge in [-0.15, -0.1) is 0 Å². The number of primary amides is 1. The summed E-state index contributed by atoms with van der Waals surface area (Å²) in [6.45, 7) is 0. The number of carbonyl (C=O) groups is 1. The van der Waals surface area contributed by atoms with E-state index >= 15 is 0 Å². The van der Waals surface area contributed by atoms with Gasteiger partial charge in [0.2, 0.25) is 10.7 Å². The number of aryl methyl sites for hydroxylation is 1. The normalized spacial score (nSPS) is 16.7. The first-order valence-electron chi connectivity index (χ1n) is 7.72. The molecule has 2 aromatic rings. The second-order valence-corrected chi connectivity index (χ2v) is 7.16. The maximum atomic E-state index is 11.3. The number of carbonyl (C=O) groups excluding carboxylic acids is 1. The van der Waals surface area contributed by atoms with Crippen molar-refractivity contribution < 1.29 is 4.79 Å². The number of amides is 1. The molecule has 2 N–H and O–H groups in total. The van der Waals surface area contributed by atoms with Crippen LogP contribution in [0.15, 0.2) is 23.2 Å². The number of aromatic nitrogens is 2. The van der Waals surface area contributed by atoms with Crippen LogP contribution in [0.1, 0.15) is 42.5 Å². The number of benzene rings is 1. The Labute approximate surface area is 143 Å². The van der Waals surface area contributed by atoms with Crippen LogP contribution < -0.4 is 10.5 Å². The van der Waals surface area contributed by atoms with Crippen molar-refractivity contribution in [3.8, 4) is 10.6 Å². The molecule has 0 radical (unpaired) electrons. The van der Waals surface area contributed by atoms with Gasteiger partial charge in [-0.2, -0.15) is 5.10 Å². The van der Waals surface area contributed by atoms with E-state index in [1.54, 1.807) is 12.1 Å². The van der Waals surface area contributed by atoms with Crippen LogP contribution >= 0.6 is 22.9 Å². The standard InChI is InChI=1S/C16H19ClN4OS/c1-21-16(19-11-5-3-2-4-6-11)23-15(20-21)10-7-8-12(14(18)22)13(17)9-10/h7-9,11H,2-6H2,1H3,(H2,18,22). The second kappa shape index (κ2) is 6.84.